The first-order valence-electron chi connectivity index (χ1n) is 10.8. The highest BCUT2D eigenvalue weighted by molar-refractivity contribution is 6.05. The van der Waals surface area contributed by atoms with Crippen LogP contribution in [0.25, 0.3) is 22.4 Å². The van der Waals surface area contributed by atoms with Gasteiger partial charge in [-0.05, 0) is 44.0 Å². The zero-order valence-corrected chi connectivity index (χ0v) is 17.8. The van der Waals surface area contributed by atoms with Gasteiger partial charge in [0, 0.05) is 11.4 Å². The first-order valence-corrected chi connectivity index (χ1v) is 10.8. The minimum absolute atomic E-state index is 0.0672. The summed E-state index contributed by atoms with van der Waals surface area (Å²) < 4.78 is 10.8. The molecule has 0 spiro atoms. The Labute approximate surface area is 185 Å². The molecule has 3 aromatic rings. The van der Waals surface area contributed by atoms with Crippen LogP contribution < -0.4 is 10.6 Å². The van der Waals surface area contributed by atoms with Crippen LogP contribution in [-0.4, -0.2) is 35.0 Å². The molecule has 0 bridgehead atoms. The van der Waals surface area contributed by atoms with Crippen molar-refractivity contribution < 1.29 is 23.5 Å². The van der Waals surface area contributed by atoms with Crippen molar-refractivity contribution in [2.45, 2.75) is 51.2 Å². The summed E-state index contributed by atoms with van der Waals surface area (Å²) in [6, 6.07) is 11.7. The van der Waals surface area contributed by atoms with E-state index in [4.69, 9.17) is 9.15 Å². The average molecular weight is 435 g/mol. The van der Waals surface area contributed by atoms with Gasteiger partial charge in [-0.3, -0.25) is 10.1 Å². The fourth-order valence-corrected chi connectivity index (χ4v) is 3.85. The zero-order valence-electron chi connectivity index (χ0n) is 17.8. The van der Waals surface area contributed by atoms with Gasteiger partial charge in [0.2, 0.25) is 0 Å². The van der Waals surface area contributed by atoms with E-state index < -0.39 is 24.0 Å². The number of rotatable bonds is 5. The van der Waals surface area contributed by atoms with Gasteiger partial charge in [0.1, 0.15) is 5.69 Å². The molecular weight excluding hydrogens is 410 g/mol. The Bertz CT molecular complexity index is 1120. The number of aromatic nitrogens is 1. The van der Waals surface area contributed by atoms with Crippen LogP contribution in [0.2, 0.25) is 0 Å². The Morgan fingerprint density at radius 2 is 1.88 bits per heavy atom. The van der Waals surface area contributed by atoms with Crippen LogP contribution in [0, 0.1) is 0 Å². The lowest BCUT2D eigenvalue weighted by Gasteiger charge is -2.23. The Kier molecular flexibility index (Phi) is 6.49. The van der Waals surface area contributed by atoms with Crippen molar-refractivity contribution in [3.8, 4) is 11.5 Å². The van der Waals surface area contributed by atoms with E-state index in [1.54, 1.807) is 36.4 Å². The fraction of sp³-hybridized carbons (Fsp3) is 0.333. The van der Waals surface area contributed by atoms with E-state index in [9.17, 15) is 14.4 Å². The smallest absolute Gasteiger partial charge is 0.339 e. The highest BCUT2D eigenvalue weighted by atomic mass is 16.5. The minimum atomic E-state index is -1.15. The monoisotopic (exact) mass is 435 g/mol. The van der Waals surface area contributed by atoms with Crippen molar-refractivity contribution in [1.82, 2.24) is 15.6 Å². The molecule has 1 aliphatic rings. The maximum atomic E-state index is 12.9. The first-order chi connectivity index (χ1) is 15.5. The van der Waals surface area contributed by atoms with Gasteiger partial charge < -0.3 is 14.5 Å². The third kappa shape index (κ3) is 4.96. The number of ether oxygens (including phenoxy) is 1. The van der Waals surface area contributed by atoms with E-state index in [2.05, 4.69) is 15.6 Å². The summed E-state index contributed by atoms with van der Waals surface area (Å²) in [7, 11) is 0. The molecule has 2 aromatic heterocycles. The highest BCUT2D eigenvalue weighted by Crippen LogP contribution is 2.26. The van der Waals surface area contributed by atoms with Gasteiger partial charge in [0.25, 0.3) is 5.91 Å². The Hall–Kier alpha value is -3.68. The van der Waals surface area contributed by atoms with E-state index in [0.717, 1.165) is 32.1 Å². The highest BCUT2D eigenvalue weighted by Gasteiger charge is 2.24. The van der Waals surface area contributed by atoms with Crippen molar-refractivity contribution in [3.05, 3.63) is 54.3 Å². The number of fused-ring (bicyclic) bond motifs is 1. The molecule has 8 nitrogen and oxygen atoms in total. The van der Waals surface area contributed by atoms with Gasteiger partial charge in [-0.25, -0.2) is 14.6 Å². The lowest BCUT2D eigenvalue weighted by molar-refractivity contribution is -0.127. The number of benzene rings is 1. The predicted octanol–water partition coefficient (Wildman–Crippen LogP) is 4.20. The predicted molar refractivity (Wildman–Crippen MR) is 118 cm³/mol. The topological polar surface area (TPSA) is 111 Å². The normalized spacial score (nSPS) is 15.2. The van der Waals surface area contributed by atoms with Crippen LogP contribution in [0.1, 0.15) is 49.4 Å². The Morgan fingerprint density at radius 1 is 1.09 bits per heavy atom. The molecule has 2 N–H and O–H groups in total. The summed E-state index contributed by atoms with van der Waals surface area (Å²) in [6.45, 7) is 1.43. The van der Waals surface area contributed by atoms with Gasteiger partial charge in [0.15, 0.2) is 11.9 Å². The van der Waals surface area contributed by atoms with Gasteiger partial charge >= 0.3 is 12.0 Å². The molecule has 2 heterocycles. The number of nitrogens with one attached hydrogen (secondary N) is 2. The van der Waals surface area contributed by atoms with Crippen LogP contribution in [0.3, 0.4) is 0 Å². The SMILES string of the molecule is CC(OC(=O)c1cc(-c2ccco2)nc2ccccc12)C(=O)NC(=O)NC1CCCCC1. The zero-order chi connectivity index (χ0) is 22.5. The number of para-hydroxylation sites is 1. The first kappa shape index (κ1) is 21.5. The van der Waals surface area contributed by atoms with Gasteiger partial charge in [-0.15, -0.1) is 0 Å². The number of imide groups is 1. The van der Waals surface area contributed by atoms with Crippen molar-refractivity contribution in [2.24, 2.45) is 0 Å². The summed E-state index contributed by atoms with van der Waals surface area (Å²) in [4.78, 5) is 42.0. The second-order valence-corrected chi connectivity index (χ2v) is 7.89. The summed E-state index contributed by atoms with van der Waals surface area (Å²) in [6.07, 6.45) is 5.46. The van der Waals surface area contributed by atoms with Crippen molar-refractivity contribution in [3.63, 3.8) is 0 Å². The van der Waals surface area contributed by atoms with Gasteiger partial charge in [-0.2, -0.15) is 0 Å². The summed E-state index contributed by atoms with van der Waals surface area (Å²) >= 11 is 0. The maximum absolute atomic E-state index is 12.9. The third-order valence-electron chi connectivity index (χ3n) is 5.54. The number of urea groups is 1. The minimum Gasteiger partial charge on any atom is -0.463 e. The van der Waals surface area contributed by atoms with Crippen molar-refractivity contribution in [1.29, 1.82) is 0 Å². The van der Waals surface area contributed by atoms with Crippen LogP contribution >= 0.6 is 0 Å². The largest absolute Gasteiger partial charge is 0.463 e. The fourth-order valence-electron chi connectivity index (χ4n) is 3.85. The lowest BCUT2D eigenvalue weighted by Crippen LogP contribution is -2.48. The summed E-state index contributed by atoms with van der Waals surface area (Å²) in [5.41, 5.74) is 1.33. The van der Waals surface area contributed by atoms with E-state index in [0.29, 0.717) is 22.4 Å². The number of amides is 3. The number of nitrogens with zero attached hydrogens (tertiary/aromatic N) is 1. The van der Waals surface area contributed by atoms with Crippen LogP contribution in [0.4, 0.5) is 4.79 Å². The molecule has 32 heavy (non-hydrogen) atoms. The molecule has 166 valence electrons. The van der Waals surface area contributed by atoms with E-state index in [-0.39, 0.29) is 11.6 Å². The number of hydrogen-bond acceptors (Lipinski definition) is 6. The molecule has 0 saturated heterocycles. The van der Waals surface area contributed by atoms with Crippen LogP contribution in [-0.2, 0) is 9.53 Å². The molecule has 1 aliphatic carbocycles. The number of carbonyl (C=O) groups excluding carboxylic acids is 3. The molecule has 4 rings (SSSR count). The van der Waals surface area contributed by atoms with Gasteiger partial charge in [0.05, 0.1) is 17.3 Å². The molecule has 1 fully saturated rings. The lowest BCUT2D eigenvalue weighted by atomic mass is 9.96. The number of hydrogen-bond donors (Lipinski definition) is 2. The van der Waals surface area contributed by atoms with Crippen LogP contribution in [0.15, 0.2) is 53.1 Å². The summed E-state index contributed by atoms with van der Waals surface area (Å²) in [5.74, 6) is -0.863. The molecular formula is C24H25N3O5. The summed E-state index contributed by atoms with van der Waals surface area (Å²) in [5, 5.41) is 5.66. The number of carbonyl (C=O) groups is 3. The molecule has 8 heteroatoms. The maximum Gasteiger partial charge on any atom is 0.339 e. The Balaban J connectivity index is 1.45. The second-order valence-electron chi connectivity index (χ2n) is 7.89. The molecule has 0 aliphatic heterocycles. The average Bonchev–Trinajstić information content (AvgIpc) is 3.34. The Morgan fingerprint density at radius 3 is 2.62 bits per heavy atom. The number of furan rings is 1. The number of pyridine rings is 1. The van der Waals surface area contributed by atoms with Crippen molar-refractivity contribution >= 4 is 28.8 Å². The molecule has 1 aromatic carbocycles. The van der Waals surface area contributed by atoms with Crippen LogP contribution in [0.5, 0.6) is 0 Å². The quantitative estimate of drug-likeness (QED) is 0.581. The second kappa shape index (κ2) is 9.64. The van der Waals surface area contributed by atoms with E-state index in [1.807, 2.05) is 6.07 Å². The third-order valence-corrected chi connectivity index (χ3v) is 5.54. The van der Waals surface area contributed by atoms with Gasteiger partial charge in [-0.1, -0.05) is 37.5 Å². The molecule has 0 radical (unpaired) electrons. The standard InChI is InChI=1S/C24H25N3O5/c1-15(22(28)27-24(30)25-16-8-3-2-4-9-16)32-23(29)18-14-20(21-12-7-13-31-21)26-19-11-6-5-10-17(18)19/h5-7,10-16H,2-4,8-9H2,1H3,(H2,25,27,28,30). The van der Waals surface area contributed by atoms with E-state index >= 15 is 0 Å². The number of esters is 1. The molecule has 1 saturated carbocycles. The van der Waals surface area contributed by atoms with E-state index in [1.165, 1.54) is 13.2 Å². The van der Waals surface area contributed by atoms with Crippen molar-refractivity contribution in [2.75, 3.05) is 0 Å². The molecule has 1 unspecified atom stereocenters. The molecule has 3 amide bonds. The molecule has 1 atom stereocenters.